The van der Waals surface area contributed by atoms with Crippen molar-refractivity contribution in [2.24, 2.45) is 0 Å². The summed E-state index contributed by atoms with van der Waals surface area (Å²) in [6, 6.07) is 3.60. The summed E-state index contributed by atoms with van der Waals surface area (Å²) in [4.78, 5) is 15.4. The van der Waals surface area contributed by atoms with Crippen LogP contribution in [0.5, 0.6) is 0 Å². The molecule has 0 aromatic carbocycles. The smallest absolute Gasteiger partial charge is 0.411 e. The van der Waals surface area contributed by atoms with Gasteiger partial charge < -0.3 is 9.14 Å². The molecular formula is C11H13N3O2. The zero-order valence-electron chi connectivity index (χ0n) is 9.23. The van der Waals surface area contributed by atoms with E-state index >= 15 is 0 Å². The number of pyridine rings is 1. The van der Waals surface area contributed by atoms with Crippen LogP contribution in [0.15, 0.2) is 24.5 Å². The molecular weight excluding hydrogens is 206 g/mol. The van der Waals surface area contributed by atoms with Crippen molar-refractivity contribution in [1.82, 2.24) is 9.38 Å². The molecule has 0 spiro atoms. The first-order valence-corrected chi connectivity index (χ1v) is 5.08. The molecule has 1 N–H and O–H groups in total. The summed E-state index contributed by atoms with van der Waals surface area (Å²) in [5.74, 6) is 0. The third kappa shape index (κ3) is 1.98. The number of rotatable bonds is 2. The molecule has 0 saturated heterocycles. The predicted octanol–water partition coefficient (Wildman–Crippen LogP) is 2.21. The molecule has 0 unspecified atom stereocenters. The van der Waals surface area contributed by atoms with Crippen molar-refractivity contribution in [3.05, 3.63) is 30.2 Å². The highest BCUT2D eigenvalue weighted by molar-refractivity contribution is 5.85. The van der Waals surface area contributed by atoms with E-state index in [2.05, 4.69) is 10.3 Å². The summed E-state index contributed by atoms with van der Waals surface area (Å²) in [7, 11) is 0. The second kappa shape index (κ2) is 4.22. The number of hydrogen-bond donors (Lipinski definition) is 1. The van der Waals surface area contributed by atoms with E-state index in [0.29, 0.717) is 12.3 Å². The van der Waals surface area contributed by atoms with Crippen LogP contribution in [0.4, 0.5) is 10.5 Å². The number of anilines is 1. The molecule has 2 aromatic rings. The molecule has 2 heterocycles. The van der Waals surface area contributed by atoms with Crippen molar-refractivity contribution in [2.45, 2.75) is 13.8 Å². The number of carbonyl (C=O) groups is 1. The molecule has 5 nitrogen and oxygen atoms in total. The van der Waals surface area contributed by atoms with E-state index in [0.717, 1.165) is 11.3 Å². The number of aromatic nitrogens is 2. The summed E-state index contributed by atoms with van der Waals surface area (Å²) in [6.07, 6.45) is 3.19. The first kappa shape index (κ1) is 10.5. The lowest BCUT2D eigenvalue weighted by Crippen LogP contribution is -2.13. The van der Waals surface area contributed by atoms with Crippen LogP contribution in [0.1, 0.15) is 12.6 Å². The van der Waals surface area contributed by atoms with Gasteiger partial charge in [-0.25, -0.2) is 9.78 Å². The Morgan fingerprint density at radius 1 is 1.62 bits per heavy atom. The van der Waals surface area contributed by atoms with Gasteiger partial charge in [-0.05, 0) is 19.9 Å². The van der Waals surface area contributed by atoms with Gasteiger partial charge in [-0.2, -0.15) is 0 Å². The van der Waals surface area contributed by atoms with Gasteiger partial charge in [0.15, 0.2) is 0 Å². The van der Waals surface area contributed by atoms with Crippen LogP contribution in [-0.2, 0) is 4.74 Å². The SMILES string of the molecule is CCOC(=O)Nc1ccn2c(C)cnc2c1. The normalized spacial score (nSPS) is 10.4. The average molecular weight is 219 g/mol. The van der Waals surface area contributed by atoms with Gasteiger partial charge in [0.2, 0.25) is 0 Å². The zero-order valence-corrected chi connectivity index (χ0v) is 9.23. The Hall–Kier alpha value is -2.04. The highest BCUT2D eigenvalue weighted by Crippen LogP contribution is 2.12. The first-order chi connectivity index (χ1) is 7.70. The number of carbonyl (C=O) groups excluding carboxylic acids is 1. The van der Waals surface area contributed by atoms with Crippen LogP contribution in [0.3, 0.4) is 0 Å². The van der Waals surface area contributed by atoms with Crippen LogP contribution < -0.4 is 5.32 Å². The molecule has 84 valence electrons. The molecule has 0 aliphatic rings. The van der Waals surface area contributed by atoms with Crippen molar-refractivity contribution >= 4 is 17.4 Å². The van der Waals surface area contributed by atoms with Crippen LogP contribution in [-0.4, -0.2) is 22.1 Å². The maximum absolute atomic E-state index is 11.2. The number of ether oxygens (including phenoxy) is 1. The van der Waals surface area contributed by atoms with Crippen molar-refractivity contribution in [1.29, 1.82) is 0 Å². The lowest BCUT2D eigenvalue weighted by molar-refractivity contribution is 0.168. The van der Waals surface area contributed by atoms with Crippen molar-refractivity contribution in [3.8, 4) is 0 Å². The van der Waals surface area contributed by atoms with Gasteiger partial charge in [-0.15, -0.1) is 0 Å². The fraction of sp³-hybridized carbons (Fsp3) is 0.273. The monoisotopic (exact) mass is 219 g/mol. The molecule has 16 heavy (non-hydrogen) atoms. The third-order valence-electron chi connectivity index (χ3n) is 2.22. The zero-order chi connectivity index (χ0) is 11.5. The van der Waals surface area contributed by atoms with Gasteiger partial charge in [0, 0.05) is 29.8 Å². The molecule has 0 bridgehead atoms. The number of imidazole rings is 1. The summed E-state index contributed by atoms with van der Waals surface area (Å²) in [5.41, 5.74) is 2.53. The Morgan fingerprint density at radius 2 is 2.44 bits per heavy atom. The molecule has 0 radical (unpaired) electrons. The second-order valence-electron chi connectivity index (χ2n) is 3.39. The van der Waals surface area contributed by atoms with Crippen LogP contribution in [0.2, 0.25) is 0 Å². The molecule has 0 aliphatic carbocycles. The van der Waals surface area contributed by atoms with Gasteiger partial charge in [-0.1, -0.05) is 0 Å². The van der Waals surface area contributed by atoms with Gasteiger partial charge >= 0.3 is 6.09 Å². The van der Waals surface area contributed by atoms with Crippen LogP contribution in [0, 0.1) is 6.92 Å². The van der Waals surface area contributed by atoms with E-state index in [1.165, 1.54) is 0 Å². The molecule has 1 amide bonds. The molecule has 0 saturated carbocycles. The molecule has 0 aliphatic heterocycles. The highest BCUT2D eigenvalue weighted by Gasteiger charge is 2.04. The topological polar surface area (TPSA) is 55.6 Å². The van der Waals surface area contributed by atoms with E-state index in [1.807, 2.05) is 17.5 Å². The number of amides is 1. The Bertz CT molecular complexity index is 519. The standard InChI is InChI=1S/C11H13N3O2/c1-3-16-11(15)13-9-4-5-14-8(2)7-12-10(14)6-9/h4-7H,3H2,1-2H3,(H,13,15). The largest absolute Gasteiger partial charge is 0.450 e. The summed E-state index contributed by atoms with van der Waals surface area (Å²) in [6.45, 7) is 4.09. The van der Waals surface area contributed by atoms with Gasteiger partial charge in [0.1, 0.15) is 5.65 Å². The predicted molar refractivity (Wildman–Crippen MR) is 60.6 cm³/mol. The van der Waals surface area contributed by atoms with Crippen LogP contribution >= 0.6 is 0 Å². The fourth-order valence-electron chi connectivity index (χ4n) is 1.47. The first-order valence-electron chi connectivity index (χ1n) is 5.08. The lowest BCUT2D eigenvalue weighted by atomic mass is 10.4. The second-order valence-corrected chi connectivity index (χ2v) is 3.39. The molecule has 5 heteroatoms. The van der Waals surface area contributed by atoms with Crippen LogP contribution in [0.25, 0.3) is 5.65 Å². The van der Waals surface area contributed by atoms with E-state index in [9.17, 15) is 4.79 Å². The van der Waals surface area contributed by atoms with Crippen molar-refractivity contribution in [3.63, 3.8) is 0 Å². The minimum Gasteiger partial charge on any atom is -0.450 e. The summed E-state index contributed by atoms with van der Waals surface area (Å²) >= 11 is 0. The Kier molecular flexibility index (Phi) is 2.76. The van der Waals surface area contributed by atoms with E-state index in [1.54, 1.807) is 25.3 Å². The minimum absolute atomic E-state index is 0.358. The maximum Gasteiger partial charge on any atom is 0.411 e. The Labute approximate surface area is 93.1 Å². The lowest BCUT2D eigenvalue weighted by Gasteiger charge is -2.05. The fourth-order valence-corrected chi connectivity index (χ4v) is 1.47. The Morgan fingerprint density at radius 3 is 3.19 bits per heavy atom. The number of nitrogens with zero attached hydrogens (tertiary/aromatic N) is 2. The summed E-state index contributed by atoms with van der Waals surface area (Å²) in [5, 5.41) is 2.63. The average Bonchev–Trinajstić information content (AvgIpc) is 2.60. The van der Waals surface area contributed by atoms with E-state index in [4.69, 9.17) is 4.74 Å². The number of nitrogens with one attached hydrogen (secondary N) is 1. The summed E-state index contributed by atoms with van der Waals surface area (Å²) < 4.78 is 6.73. The highest BCUT2D eigenvalue weighted by atomic mass is 16.5. The number of aryl methyl sites for hydroxylation is 1. The quantitative estimate of drug-likeness (QED) is 0.842. The number of fused-ring (bicyclic) bond motifs is 1. The van der Waals surface area contributed by atoms with Gasteiger partial charge in [0.05, 0.1) is 6.61 Å². The molecule has 0 fully saturated rings. The third-order valence-corrected chi connectivity index (χ3v) is 2.22. The minimum atomic E-state index is -0.449. The van der Waals surface area contributed by atoms with Crippen molar-refractivity contribution < 1.29 is 9.53 Å². The van der Waals surface area contributed by atoms with E-state index in [-0.39, 0.29) is 0 Å². The Balaban J connectivity index is 2.23. The van der Waals surface area contributed by atoms with Gasteiger partial charge in [0.25, 0.3) is 0 Å². The van der Waals surface area contributed by atoms with Gasteiger partial charge in [-0.3, -0.25) is 5.32 Å². The van der Waals surface area contributed by atoms with Crippen molar-refractivity contribution in [2.75, 3.05) is 11.9 Å². The molecule has 2 rings (SSSR count). The maximum atomic E-state index is 11.2. The molecule has 2 aromatic heterocycles. The number of hydrogen-bond acceptors (Lipinski definition) is 3. The van der Waals surface area contributed by atoms with E-state index < -0.39 is 6.09 Å². The molecule has 0 atom stereocenters.